The molecule has 178 valence electrons. The van der Waals surface area contributed by atoms with Gasteiger partial charge < -0.3 is 14.6 Å². The molecule has 7 nitrogen and oxygen atoms in total. The topological polar surface area (TPSA) is 80.5 Å². The molecule has 0 saturated carbocycles. The quantitative estimate of drug-likeness (QED) is 0.493. The number of methoxy groups -OCH3 is 1. The van der Waals surface area contributed by atoms with Gasteiger partial charge in [0.2, 0.25) is 17.6 Å². The summed E-state index contributed by atoms with van der Waals surface area (Å²) in [6, 6.07) is 14.1. The molecule has 0 bridgehead atoms. The molecule has 0 spiro atoms. The third kappa shape index (κ3) is 5.18. The number of aryl methyl sites for hydroxylation is 1. The van der Waals surface area contributed by atoms with Crippen LogP contribution >= 0.6 is 15.9 Å². The van der Waals surface area contributed by atoms with E-state index in [2.05, 4.69) is 48.4 Å². The molecule has 2 aliphatic rings. The largest absolute Gasteiger partial charge is 0.497 e. The van der Waals surface area contributed by atoms with E-state index in [1.165, 1.54) is 11.1 Å². The average molecular weight is 525 g/mol. The summed E-state index contributed by atoms with van der Waals surface area (Å²) in [6.07, 6.45) is 4.95. The standard InChI is InChI=1S/C26H29BrN4O3/c1-33-21-11-12-22-18(14-21)4-2-6-23(22)28-26(32)19-5-3-13-31(15-19)16-24-29-25(30-34-24)17-7-9-20(27)10-8-17/h7-12,14,19,23H,2-6,13,15-16H2,1H3,(H,28,32). The number of rotatable bonds is 6. The Kier molecular flexibility index (Phi) is 6.97. The molecule has 1 fully saturated rings. The van der Waals surface area contributed by atoms with E-state index in [0.29, 0.717) is 24.8 Å². The molecule has 2 aromatic carbocycles. The van der Waals surface area contributed by atoms with E-state index in [0.717, 1.165) is 54.4 Å². The second kappa shape index (κ2) is 10.3. The lowest BCUT2D eigenvalue weighted by atomic mass is 9.86. The highest BCUT2D eigenvalue weighted by atomic mass is 79.9. The molecule has 1 aromatic heterocycles. The van der Waals surface area contributed by atoms with Gasteiger partial charge in [-0.25, -0.2) is 0 Å². The van der Waals surface area contributed by atoms with Crippen LogP contribution < -0.4 is 10.1 Å². The second-order valence-electron chi connectivity index (χ2n) is 9.11. The number of fused-ring (bicyclic) bond motifs is 1. The van der Waals surface area contributed by atoms with Crippen LogP contribution in [0.3, 0.4) is 0 Å². The molecule has 3 aromatic rings. The monoisotopic (exact) mass is 524 g/mol. The molecular formula is C26H29BrN4O3. The number of nitrogens with zero attached hydrogens (tertiary/aromatic N) is 3. The summed E-state index contributed by atoms with van der Waals surface area (Å²) in [7, 11) is 1.69. The maximum absolute atomic E-state index is 13.2. The molecule has 2 atom stereocenters. The van der Waals surface area contributed by atoms with Crippen LogP contribution in [0.2, 0.25) is 0 Å². The van der Waals surface area contributed by atoms with Crippen molar-refractivity contribution in [3.05, 3.63) is 64.0 Å². The Balaban J connectivity index is 1.20. The number of likely N-dealkylation sites (tertiary alicyclic amines) is 1. The van der Waals surface area contributed by atoms with Gasteiger partial charge in [-0.3, -0.25) is 9.69 Å². The highest BCUT2D eigenvalue weighted by Gasteiger charge is 2.30. The van der Waals surface area contributed by atoms with Crippen LogP contribution in [-0.2, 0) is 17.8 Å². The van der Waals surface area contributed by atoms with Crippen LogP contribution in [0.1, 0.15) is 48.7 Å². The van der Waals surface area contributed by atoms with Crippen molar-refractivity contribution in [3.63, 3.8) is 0 Å². The summed E-state index contributed by atoms with van der Waals surface area (Å²) in [5.74, 6) is 2.14. The molecule has 34 heavy (non-hydrogen) atoms. The molecule has 1 saturated heterocycles. The zero-order chi connectivity index (χ0) is 23.5. The number of nitrogens with one attached hydrogen (secondary N) is 1. The van der Waals surface area contributed by atoms with Gasteiger partial charge >= 0.3 is 0 Å². The lowest BCUT2D eigenvalue weighted by molar-refractivity contribution is -0.127. The second-order valence-corrected chi connectivity index (χ2v) is 10.0. The van der Waals surface area contributed by atoms with Crippen molar-refractivity contribution in [1.82, 2.24) is 20.4 Å². The van der Waals surface area contributed by atoms with Gasteiger partial charge in [-0.15, -0.1) is 0 Å². The first-order valence-corrected chi connectivity index (χ1v) is 12.7. The summed E-state index contributed by atoms with van der Waals surface area (Å²) < 4.78 is 11.9. The third-order valence-corrected chi connectivity index (χ3v) is 7.32. The minimum atomic E-state index is -0.0359. The summed E-state index contributed by atoms with van der Waals surface area (Å²) in [5.41, 5.74) is 3.41. The van der Waals surface area contributed by atoms with Crippen molar-refractivity contribution in [2.75, 3.05) is 20.2 Å². The number of amides is 1. The van der Waals surface area contributed by atoms with Crippen LogP contribution in [0.15, 0.2) is 51.5 Å². The highest BCUT2D eigenvalue weighted by molar-refractivity contribution is 9.10. The molecule has 0 radical (unpaired) electrons. The zero-order valence-corrected chi connectivity index (χ0v) is 20.9. The van der Waals surface area contributed by atoms with Crippen LogP contribution in [-0.4, -0.2) is 41.1 Å². The first-order valence-electron chi connectivity index (χ1n) is 11.9. The predicted molar refractivity (Wildman–Crippen MR) is 132 cm³/mol. The highest BCUT2D eigenvalue weighted by Crippen LogP contribution is 2.33. The Morgan fingerprint density at radius 3 is 2.88 bits per heavy atom. The number of benzene rings is 2. The Morgan fingerprint density at radius 1 is 1.21 bits per heavy atom. The van der Waals surface area contributed by atoms with E-state index in [-0.39, 0.29) is 17.9 Å². The van der Waals surface area contributed by atoms with Crippen LogP contribution in [0.25, 0.3) is 11.4 Å². The fraction of sp³-hybridized carbons (Fsp3) is 0.423. The summed E-state index contributed by atoms with van der Waals surface area (Å²) in [4.78, 5) is 20.0. The molecule has 1 aliphatic heterocycles. The molecule has 1 amide bonds. The number of hydrogen-bond donors (Lipinski definition) is 1. The van der Waals surface area contributed by atoms with Crippen molar-refractivity contribution < 1.29 is 14.1 Å². The van der Waals surface area contributed by atoms with Crippen molar-refractivity contribution in [1.29, 1.82) is 0 Å². The Morgan fingerprint density at radius 2 is 2.06 bits per heavy atom. The number of piperidine rings is 1. The minimum Gasteiger partial charge on any atom is -0.497 e. The van der Waals surface area contributed by atoms with E-state index in [9.17, 15) is 4.79 Å². The van der Waals surface area contributed by atoms with Crippen molar-refractivity contribution >= 4 is 21.8 Å². The SMILES string of the molecule is COc1ccc2c(c1)CCCC2NC(=O)C1CCCN(Cc2nc(-c3ccc(Br)cc3)no2)C1. The number of carbonyl (C=O) groups excluding carboxylic acids is 1. The molecule has 2 heterocycles. The van der Waals surface area contributed by atoms with Gasteiger partial charge in [0.1, 0.15) is 5.75 Å². The predicted octanol–water partition coefficient (Wildman–Crippen LogP) is 4.91. The van der Waals surface area contributed by atoms with E-state index >= 15 is 0 Å². The third-order valence-electron chi connectivity index (χ3n) is 6.79. The minimum absolute atomic E-state index is 0.0359. The summed E-state index contributed by atoms with van der Waals surface area (Å²) >= 11 is 3.44. The first-order chi connectivity index (χ1) is 16.6. The molecule has 2 unspecified atom stereocenters. The van der Waals surface area contributed by atoms with E-state index in [1.54, 1.807) is 7.11 Å². The molecule has 8 heteroatoms. The maximum Gasteiger partial charge on any atom is 0.241 e. The van der Waals surface area contributed by atoms with Gasteiger partial charge in [0.05, 0.1) is 25.6 Å². The number of halogens is 1. The van der Waals surface area contributed by atoms with Gasteiger partial charge in [0.15, 0.2) is 0 Å². The van der Waals surface area contributed by atoms with E-state index in [1.807, 2.05) is 30.3 Å². The van der Waals surface area contributed by atoms with Gasteiger partial charge in [-0.1, -0.05) is 27.2 Å². The number of carbonyl (C=O) groups is 1. The molecule has 1 aliphatic carbocycles. The van der Waals surface area contributed by atoms with Crippen LogP contribution in [0, 0.1) is 5.92 Å². The summed E-state index contributed by atoms with van der Waals surface area (Å²) in [5, 5.41) is 7.47. The van der Waals surface area contributed by atoms with Crippen LogP contribution in [0.4, 0.5) is 0 Å². The molecule has 1 N–H and O–H groups in total. The van der Waals surface area contributed by atoms with Gasteiger partial charge in [0.25, 0.3) is 0 Å². The van der Waals surface area contributed by atoms with Gasteiger partial charge in [0, 0.05) is 16.6 Å². The zero-order valence-electron chi connectivity index (χ0n) is 19.3. The molecule has 5 rings (SSSR count). The van der Waals surface area contributed by atoms with Crippen molar-refractivity contribution in [2.24, 2.45) is 5.92 Å². The number of hydrogen-bond acceptors (Lipinski definition) is 6. The Labute approximate surface area is 208 Å². The number of aromatic nitrogens is 2. The van der Waals surface area contributed by atoms with E-state index < -0.39 is 0 Å². The Hall–Kier alpha value is -2.71. The normalized spacial score (nSPS) is 20.5. The van der Waals surface area contributed by atoms with Crippen LogP contribution in [0.5, 0.6) is 5.75 Å². The lowest BCUT2D eigenvalue weighted by Crippen LogP contribution is -2.44. The summed E-state index contributed by atoms with van der Waals surface area (Å²) in [6.45, 7) is 2.18. The lowest BCUT2D eigenvalue weighted by Gasteiger charge is -2.33. The average Bonchev–Trinajstić information content (AvgIpc) is 3.32. The van der Waals surface area contributed by atoms with Gasteiger partial charge in [-0.05, 0) is 86.2 Å². The van der Waals surface area contributed by atoms with E-state index in [4.69, 9.17) is 9.26 Å². The maximum atomic E-state index is 13.2. The Bertz CT molecular complexity index is 1150. The first kappa shape index (κ1) is 23.1. The fourth-order valence-electron chi connectivity index (χ4n) is 5.00. The van der Waals surface area contributed by atoms with Crippen molar-refractivity contribution in [2.45, 2.75) is 44.7 Å². The number of ether oxygens (including phenoxy) is 1. The van der Waals surface area contributed by atoms with Crippen molar-refractivity contribution in [3.8, 4) is 17.1 Å². The smallest absolute Gasteiger partial charge is 0.241 e. The van der Waals surface area contributed by atoms with Gasteiger partial charge in [-0.2, -0.15) is 4.98 Å². The molecular weight excluding hydrogens is 496 g/mol. The fourth-order valence-corrected chi connectivity index (χ4v) is 5.26.